The molecule has 0 saturated heterocycles. The van der Waals surface area contributed by atoms with Crippen LogP contribution in [0, 0.1) is 0 Å². The molecule has 0 aliphatic carbocycles. The van der Waals surface area contributed by atoms with E-state index >= 15 is 0 Å². The minimum atomic E-state index is -0.941. The van der Waals surface area contributed by atoms with Crippen LogP contribution in [-0.2, 0) is 26.2 Å². The lowest BCUT2D eigenvalue weighted by molar-refractivity contribution is -0.148. The van der Waals surface area contributed by atoms with Crippen molar-refractivity contribution < 1.29 is 23.8 Å². The quantitative estimate of drug-likeness (QED) is 0.413. The average Bonchev–Trinajstić information content (AvgIpc) is 2.92. The zero-order chi connectivity index (χ0) is 21.1. The monoisotopic (exact) mass is 394 g/mol. The first-order valence-electron chi connectivity index (χ1n) is 9.58. The molecule has 0 spiro atoms. The summed E-state index contributed by atoms with van der Waals surface area (Å²) in [6.45, 7) is 5.44. The van der Waals surface area contributed by atoms with Gasteiger partial charge in [0.2, 0.25) is 0 Å². The molecule has 5 heteroatoms. The van der Waals surface area contributed by atoms with Crippen molar-refractivity contribution in [2.45, 2.75) is 44.6 Å². The molecule has 0 fully saturated rings. The number of methoxy groups -OCH3 is 1. The number of carbonyl (C=O) groups is 2. The molecule has 1 aliphatic heterocycles. The maximum Gasteiger partial charge on any atom is 0.330 e. The number of hydrogen-bond acceptors (Lipinski definition) is 5. The first kappa shape index (κ1) is 20.6. The lowest BCUT2D eigenvalue weighted by Gasteiger charge is -2.25. The van der Waals surface area contributed by atoms with Crippen LogP contribution >= 0.6 is 0 Å². The molecule has 0 aromatic heterocycles. The van der Waals surface area contributed by atoms with E-state index in [0.717, 1.165) is 11.1 Å². The van der Waals surface area contributed by atoms with E-state index in [1.807, 2.05) is 57.2 Å². The van der Waals surface area contributed by atoms with Crippen molar-refractivity contribution in [3.05, 3.63) is 71.8 Å². The van der Waals surface area contributed by atoms with Gasteiger partial charge in [-0.1, -0.05) is 36.4 Å². The molecule has 0 amide bonds. The average molecular weight is 394 g/mol. The van der Waals surface area contributed by atoms with Gasteiger partial charge in [-0.15, -0.1) is 0 Å². The fourth-order valence-electron chi connectivity index (χ4n) is 3.48. The molecule has 1 aliphatic rings. The highest BCUT2D eigenvalue weighted by molar-refractivity contribution is 5.92. The van der Waals surface area contributed by atoms with Crippen LogP contribution in [0.3, 0.4) is 0 Å². The van der Waals surface area contributed by atoms with Crippen LogP contribution in [0.4, 0.5) is 0 Å². The SMILES string of the molecule is COc1ccc2c(c1)[C@](C/C=C/C(=O)OC(C)(C)C)(Cc1ccccc1)C(=O)O2. The summed E-state index contributed by atoms with van der Waals surface area (Å²) < 4.78 is 16.3. The van der Waals surface area contributed by atoms with Crippen LogP contribution in [0.5, 0.6) is 11.5 Å². The van der Waals surface area contributed by atoms with Gasteiger partial charge in [0.15, 0.2) is 0 Å². The Morgan fingerprint density at radius 1 is 1.14 bits per heavy atom. The van der Waals surface area contributed by atoms with Crippen LogP contribution < -0.4 is 9.47 Å². The molecule has 2 aromatic rings. The third kappa shape index (κ3) is 4.67. The maximum absolute atomic E-state index is 13.0. The van der Waals surface area contributed by atoms with Gasteiger partial charge in [0.25, 0.3) is 0 Å². The molecule has 1 atom stereocenters. The van der Waals surface area contributed by atoms with Gasteiger partial charge in [-0.2, -0.15) is 0 Å². The predicted octanol–water partition coefficient (Wildman–Crippen LogP) is 4.38. The second-order valence-corrected chi connectivity index (χ2v) is 8.14. The van der Waals surface area contributed by atoms with Crippen molar-refractivity contribution in [1.29, 1.82) is 0 Å². The van der Waals surface area contributed by atoms with Crippen molar-refractivity contribution >= 4 is 11.9 Å². The molecule has 2 aromatic carbocycles. The van der Waals surface area contributed by atoms with Gasteiger partial charge < -0.3 is 14.2 Å². The summed E-state index contributed by atoms with van der Waals surface area (Å²) in [5.74, 6) is 0.399. The van der Waals surface area contributed by atoms with Gasteiger partial charge in [-0.05, 0) is 57.4 Å². The van der Waals surface area contributed by atoms with E-state index in [1.165, 1.54) is 6.08 Å². The van der Waals surface area contributed by atoms with E-state index in [1.54, 1.807) is 25.3 Å². The van der Waals surface area contributed by atoms with Crippen molar-refractivity contribution in [2.24, 2.45) is 0 Å². The van der Waals surface area contributed by atoms with Crippen LogP contribution in [0.25, 0.3) is 0 Å². The van der Waals surface area contributed by atoms with Gasteiger partial charge >= 0.3 is 11.9 Å². The molecule has 0 saturated carbocycles. The molecule has 152 valence electrons. The van der Waals surface area contributed by atoms with E-state index in [9.17, 15) is 9.59 Å². The first-order valence-corrected chi connectivity index (χ1v) is 9.58. The molecule has 0 unspecified atom stereocenters. The first-order chi connectivity index (χ1) is 13.7. The Morgan fingerprint density at radius 2 is 1.86 bits per heavy atom. The van der Waals surface area contributed by atoms with E-state index in [2.05, 4.69) is 0 Å². The van der Waals surface area contributed by atoms with E-state index in [4.69, 9.17) is 14.2 Å². The number of carbonyl (C=O) groups excluding carboxylic acids is 2. The Bertz CT molecular complexity index is 924. The summed E-state index contributed by atoms with van der Waals surface area (Å²) in [7, 11) is 1.58. The minimum absolute atomic E-state index is 0.306. The number of rotatable bonds is 6. The Labute approximate surface area is 171 Å². The lowest BCUT2D eigenvalue weighted by Crippen LogP contribution is -2.36. The number of ether oxygens (including phenoxy) is 3. The minimum Gasteiger partial charge on any atom is -0.497 e. The van der Waals surface area contributed by atoms with Gasteiger partial charge in [0.05, 0.1) is 7.11 Å². The molecule has 0 bridgehead atoms. The third-order valence-electron chi connectivity index (χ3n) is 4.77. The standard InChI is InChI=1S/C24H26O5/c1-23(2,3)29-21(25)11-8-14-24(16-17-9-6-5-7-10-17)19-15-18(27-4)12-13-20(19)28-22(24)26/h5-13,15H,14,16H2,1-4H3/b11-8+/t24-/m0/s1. The molecular formula is C24H26O5. The summed E-state index contributed by atoms with van der Waals surface area (Å²) in [6, 6.07) is 15.1. The second kappa shape index (κ2) is 8.11. The lowest BCUT2D eigenvalue weighted by atomic mass is 9.74. The van der Waals surface area contributed by atoms with Gasteiger partial charge in [0.1, 0.15) is 22.5 Å². The number of benzene rings is 2. The molecule has 0 N–H and O–H groups in total. The van der Waals surface area contributed by atoms with Crippen molar-refractivity contribution in [1.82, 2.24) is 0 Å². The predicted molar refractivity (Wildman–Crippen MR) is 110 cm³/mol. The van der Waals surface area contributed by atoms with Gasteiger partial charge in [-0.3, -0.25) is 4.79 Å². The zero-order valence-corrected chi connectivity index (χ0v) is 17.2. The summed E-state index contributed by atoms with van der Waals surface area (Å²) in [5, 5.41) is 0. The Morgan fingerprint density at radius 3 is 2.52 bits per heavy atom. The highest BCUT2D eigenvalue weighted by Gasteiger charge is 2.48. The second-order valence-electron chi connectivity index (χ2n) is 8.14. The van der Waals surface area contributed by atoms with Gasteiger partial charge in [-0.25, -0.2) is 4.79 Å². The topological polar surface area (TPSA) is 61.8 Å². The molecule has 0 radical (unpaired) electrons. The van der Waals surface area contributed by atoms with Crippen molar-refractivity contribution in [2.75, 3.05) is 7.11 Å². The fraction of sp³-hybridized carbons (Fsp3) is 0.333. The Balaban J connectivity index is 1.96. The zero-order valence-electron chi connectivity index (χ0n) is 17.2. The third-order valence-corrected chi connectivity index (χ3v) is 4.77. The van der Waals surface area contributed by atoms with Crippen molar-refractivity contribution in [3.63, 3.8) is 0 Å². The normalized spacial score (nSPS) is 18.4. The van der Waals surface area contributed by atoms with Crippen LogP contribution in [-0.4, -0.2) is 24.6 Å². The maximum atomic E-state index is 13.0. The summed E-state index contributed by atoms with van der Waals surface area (Å²) in [5.41, 5.74) is 0.254. The Kier molecular flexibility index (Phi) is 5.78. The molecule has 3 rings (SSSR count). The number of hydrogen-bond donors (Lipinski definition) is 0. The van der Waals surface area contributed by atoms with Crippen LogP contribution in [0.1, 0.15) is 38.3 Å². The summed E-state index contributed by atoms with van der Waals surface area (Å²) in [4.78, 5) is 25.1. The number of fused-ring (bicyclic) bond motifs is 1. The molecule has 29 heavy (non-hydrogen) atoms. The molecule has 1 heterocycles. The summed E-state index contributed by atoms with van der Waals surface area (Å²) in [6.07, 6.45) is 3.82. The fourth-order valence-corrected chi connectivity index (χ4v) is 3.48. The van der Waals surface area contributed by atoms with E-state index in [0.29, 0.717) is 24.3 Å². The highest BCUT2D eigenvalue weighted by atomic mass is 16.6. The van der Waals surface area contributed by atoms with Gasteiger partial charge in [0, 0.05) is 11.6 Å². The van der Waals surface area contributed by atoms with Crippen LogP contribution in [0.2, 0.25) is 0 Å². The smallest absolute Gasteiger partial charge is 0.330 e. The van der Waals surface area contributed by atoms with Crippen molar-refractivity contribution in [3.8, 4) is 11.5 Å². The molecule has 5 nitrogen and oxygen atoms in total. The van der Waals surface area contributed by atoms with E-state index < -0.39 is 17.0 Å². The summed E-state index contributed by atoms with van der Waals surface area (Å²) >= 11 is 0. The molecular weight excluding hydrogens is 368 g/mol. The Hall–Kier alpha value is -3.08. The van der Waals surface area contributed by atoms with E-state index in [-0.39, 0.29) is 5.97 Å². The van der Waals surface area contributed by atoms with Crippen LogP contribution in [0.15, 0.2) is 60.7 Å². The number of allylic oxidation sites excluding steroid dienone is 1. The number of esters is 2. The highest BCUT2D eigenvalue weighted by Crippen LogP contribution is 2.46. The largest absolute Gasteiger partial charge is 0.497 e.